The van der Waals surface area contributed by atoms with E-state index < -0.39 is 0 Å². The summed E-state index contributed by atoms with van der Waals surface area (Å²) in [5.41, 5.74) is 1.30. The van der Waals surface area contributed by atoms with Gasteiger partial charge in [0, 0.05) is 0 Å². The summed E-state index contributed by atoms with van der Waals surface area (Å²) in [5, 5.41) is 0. The molecule has 0 heterocycles. The minimum atomic E-state index is 0.636. The van der Waals surface area contributed by atoms with Crippen molar-refractivity contribution in [1.82, 2.24) is 0 Å². The predicted molar refractivity (Wildman–Crippen MR) is 55.2 cm³/mol. The molecule has 0 saturated heterocycles. The summed E-state index contributed by atoms with van der Waals surface area (Å²) in [6, 6.07) is 0. The van der Waals surface area contributed by atoms with Crippen molar-refractivity contribution in [2.24, 2.45) is 16.7 Å². The molecule has 1 aliphatic rings. The monoisotopic (exact) mass is 168 g/mol. The van der Waals surface area contributed by atoms with E-state index in [4.69, 9.17) is 0 Å². The fraction of sp³-hybridized carbons (Fsp3) is 1.00. The van der Waals surface area contributed by atoms with Gasteiger partial charge in [-0.1, -0.05) is 47.5 Å². The van der Waals surface area contributed by atoms with Crippen LogP contribution >= 0.6 is 0 Å². The summed E-state index contributed by atoms with van der Waals surface area (Å²) < 4.78 is 0. The lowest BCUT2D eigenvalue weighted by atomic mass is 9.50. The molecule has 0 bridgehead atoms. The smallest absolute Gasteiger partial charge is 0.0290 e. The molecule has 0 N–H and O–H groups in total. The van der Waals surface area contributed by atoms with Gasteiger partial charge in [-0.15, -0.1) is 0 Å². The van der Waals surface area contributed by atoms with E-state index in [1.54, 1.807) is 0 Å². The van der Waals surface area contributed by atoms with Crippen LogP contribution in [0.3, 0.4) is 0 Å². The lowest BCUT2D eigenvalue weighted by Crippen LogP contribution is -2.44. The topological polar surface area (TPSA) is 0 Å². The second kappa shape index (κ2) is 3.05. The highest BCUT2D eigenvalue weighted by molar-refractivity contribution is 4.98. The van der Waals surface area contributed by atoms with Gasteiger partial charge < -0.3 is 0 Å². The maximum atomic E-state index is 2.47. The Labute approximate surface area is 77.7 Å². The fourth-order valence-corrected chi connectivity index (χ4v) is 3.26. The molecule has 1 unspecified atom stereocenters. The SMILES string of the molecule is CCCC(C)C1(C)CC(C)(C)C1. The van der Waals surface area contributed by atoms with Crippen LogP contribution in [0.5, 0.6) is 0 Å². The normalized spacial score (nSPS) is 27.8. The molecule has 1 saturated carbocycles. The highest BCUT2D eigenvalue weighted by atomic mass is 14.5. The standard InChI is InChI=1S/C12H24/c1-6-7-10(2)12(5)8-11(3,4)9-12/h10H,6-9H2,1-5H3. The molecule has 0 aromatic rings. The van der Waals surface area contributed by atoms with E-state index in [1.807, 2.05) is 0 Å². The Morgan fingerprint density at radius 3 is 2.00 bits per heavy atom. The van der Waals surface area contributed by atoms with E-state index in [2.05, 4.69) is 34.6 Å². The van der Waals surface area contributed by atoms with E-state index in [9.17, 15) is 0 Å². The highest BCUT2D eigenvalue weighted by Crippen LogP contribution is 2.58. The first-order valence-electron chi connectivity index (χ1n) is 5.40. The molecule has 1 fully saturated rings. The molecule has 0 radical (unpaired) electrons. The third-order valence-corrected chi connectivity index (χ3v) is 3.68. The minimum Gasteiger partial charge on any atom is -0.0654 e. The minimum absolute atomic E-state index is 0.636. The van der Waals surface area contributed by atoms with E-state index >= 15 is 0 Å². The summed E-state index contributed by atoms with van der Waals surface area (Å²) in [4.78, 5) is 0. The number of rotatable bonds is 3. The van der Waals surface area contributed by atoms with Gasteiger partial charge in [0.1, 0.15) is 0 Å². The van der Waals surface area contributed by atoms with E-state index in [-0.39, 0.29) is 0 Å². The molecule has 0 amide bonds. The second-order valence-corrected chi connectivity index (χ2v) is 5.86. The summed E-state index contributed by atoms with van der Waals surface area (Å²) in [5.74, 6) is 0.926. The molecule has 0 nitrogen and oxygen atoms in total. The first kappa shape index (κ1) is 10.1. The van der Waals surface area contributed by atoms with Gasteiger partial charge in [0.05, 0.1) is 0 Å². The van der Waals surface area contributed by atoms with Crippen LogP contribution in [-0.2, 0) is 0 Å². The van der Waals surface area contributed by atoms with Crippen molar-refractivity contribution < 1.29 is 0 Å². The lowest BCUT2D eigenvalue weighted by molar-refractivity contribution is -0.0435. The molecule has 0 heteroatoms. The van der Waals surface area contributed by atoms with Gasteiger partial charge in [-0.2, -0.15) is 0 Å². The van der Waals surface area contributed by atoms with Gasteiger partial charge in [-0.25, -0.2) is 0 Å². The van der Waals surface area contributed by atoms with Crippen LogP contribution in [0, 0.1) is 16.7 Å². The molecule has 1 aliphatic carbocycles. The zero-order valence-corrected chi connectivity index (χ0v) is 9.41. The largest absolute Gasteiger partial charge is 0.0654 e. The van der Waals surface area contributed by atoms with Gasteiger partial charge in [0.25, 0.3) is 0 Å². The molecule has 72 valence electrons. The zero-order chi connectivity index (χ0) is 9.41. The van der Waals surface area contributed by atoms with Gasteiger partial charge in [0.2, 0.25) is 0 Å². The Hall–Kier alpha value is 0. The van der Waals surface area contributed by atoms with Crippen molar-refractivity contribution in [2.75, 3.05) is 0 Å². The lowest BCUT2D eigenvalue weighted by Gasteiger charge is -2.55. The van der Waals surface area contributed by atoms with Crippen LogP contribution in [0.2, 0.25) is 0 Å². The van der Waals surface area contributed by atoms with E-state index in [0.717, 1.165) is 5.92 Å². The summed E-state index contributed by atoms with van der Waals surface area (Å²) in [7, 11) is 0. The van der Waals surface area contributed by atoms with Crippen LogP contribution in [0.4, 0.5) is 0 Å². The van der Waals surface area contributed by atoms with Crippen molar-refractivity contribution in [3.63, 3.8) is 0 Å². The van der Waals surface area contributed by atoms with Crippen molar-refractivity contribution >= 4 is 0 Å². The van der Waals surface area contributed by atoms with Gasteiger partial charge in [0.15, 0.2) is 0 Å². The van der Waals surface area contributed by atoms with Crippen molar-refractivity contribution in [1.29, 1.82) is 0 Å². The van der Waals surface area contributed by atoms with Crippen LogP contribution in [0.1, 0.15) is 60.3 Å². The Morgan fingerprint density at radius 1 is 1.17 bits per heavy atom. The molecule has 1 rings (SSSR count). The average Bonchev–Trinajstić information content (AvgIpc) is 1.83. The van der Waals surface area contributed by atoms with Crippen LogP contribution in [-0.4, -0.2) is 0 Å². The molecule has 0 spiro atoms. The fourth-order valence-electron chi connectivity index (χ4n) is 3.26. The van der Waals surface area contributed by atoms with Crippen LogP contribution in [0.25, 0.3) is 0 Å². The van der Waals surface area contributed by atoms with Crippen molar-refractivity contribution in [3.05, 3.63) is 0 Å². The van der Waals surface area contributed by atoms with E-state index in [1.165, 1.54) is 25.7 Å². The van der Waals surface area contributed by atoms with Crippen molar-refractivity contribution in [2.45, 2.75) is 60.3 Å². The molecule has 0 aromatic heterocycles. The Kier molecular flexibility index (Phi) is 2.56. The summed E-state index contributed by atoms with van der Waals surface area (Å²) in [6.45, 7) is 12.0. The third-order valence-electron chi connectivity index (χ3n) is 3.68. The Bertz CT molecular complexity index is 147. The van der Waals surface area contributed by atoms with Gasteiger partial charge >= 0.3 is 0 Å². The zero-order valence-electron chi connectivity index (χ0n) is 9.41. The Morgan fingerprint density at radius 2 is 1.67 bits per heavy atom. The number of hydrogen-bond donors (Lipinski definition) is 0. The third kappa shape index (κ3) is 1.84. The maximum Gasteiger partial charge on any atom is -0.0290 e. The summed E-state index contributed by atoms with van der Waals surface area (Å²) >= 11 is 0. The average molecular weight is 168 g/mol. The molecular formula is C12H24. The van der Waals surface area contributed by atoms with Crippen molar-refractivity contribution in [3.8, 4) is 0 Å². The highest BCUT2D eigenvalue weighted by Gasteiger charge is 2.47. The van der Waals surface area contributed by atoms with Gasteiger partial charge in [-0.3, -0.25) is 0 Å². The summed E-state index contributed by atoms with van der Waals surface area (Å²) in [6.07, 6.45) is 5.62. The Balaban J connectivity index is 2.43. The van der Waals surface area contributed by atoms with E-state index in [0.29, 0.717) is 10.8 Å². The van der Waals surface area contributed by atoms with Gasteiger partial charge in [-0.05, 0) is 29.6 Å². The molecular weight excluding hydrogens is 144 g/mol. The molecule has 1 atom stereocenters. The predicted octanol–water partition coefficient (Wildman–Crippen LogP) is 4.25. The quantitative estimate of drug-likeness (QED) is 0.591. The molecule has 12 heavy (non-hydrogen) atoms. The molecule has 0 aliphatic heterocycles. The maximum absolute atomic E-state index is 2.47. The first-order chi connectivity index (χ1) is 5.40. The first-order valence-corrected chi connectivity index (χ1v) is 5.40. The van der Waals surface area contributed by atoms with Crippen LogP contribution < -0.4 is 0 Å². The molecule has 0 aromatic carbocycles. The van der Waals surface area contributed by atoms with Crippen LogP contribution in [0.15, 0.2) is 0 Å². The number of hydrogen-bond acceptors (Lipinski definition) is 0. The second-order valence-electron chi connectivity index (χ2n) is 5.86.